The van der Waals surface area contributed by atoms with Gasteiger partial charge in [0.25, 0.3) is 0 Å². The van der Waals surface area contributed by atoms with Crippen LogP contribution >= 0.6 is 23.1 Å². The molecule has 1 saturated heterocycles. The van der Waals surface area contributed by atoms with Gasteiger partial charge in [-0.15, -0.1) is 11.8 Å². The number of imide groups is 1. The maximum atomic E-state index is 13.5. The first-order valence-corrected chi connectivity index (χ1v) is 13.5. The predicted molar refractivity (Wildman–Crippen MR) is 126 cm³/mol. The molecule has 7 atom stereocenters. The minimum absolute atomic E-state index is 0.00261. The number of carbonyl (C=O) groups excluding carboxylic acids is 2. The third-order valence-electron chi connectivity index (χ3n) is 8.13. The molecule has 2 aromatic heterocycles. The van der Waals surface area contributed by atoms with Crippen LogP contribution in [-0.4, -0.2) is 49.6 Å². The lowest BCUT2D eigenvalue weighted by Crippen LogP contribution is -2.42. The summed E-state index contributed by atoms with van der Waals surface area (Å²) in [5, 5.41) is 9.90. The van der Waals surface area contributed by atoms with Crippen LogP contribution in [0.1, 0.15) is 48.5 Å². The van der Waals surface area contributed by atoms with E-state index in [4.69, 9.17) is 5.11 Å². The number of pyridine rings is 1. The Bertz CT molecular complexity index is 1210. The minimum atomic E-state index is -0.822. The number of H-pyrrole nitrogens is 1. The number of unbranched alkanes of at least 4 members (excludes halogenated alkanes) is 2. The van der Waals surface area contributed by atoms with Crippen molar-refractivity contribution in [3.63, 3.8) is 0 Å². The largest absolute Gasteiger partial charge is 0.481 e. The molecule has 10 heteroatoms. The number of thiazole rings is 1. The van der Waals surface area contributed by atoms with E-state index in [0.29, 0.717) is 25.8 Å². The summed E-state index contributed by atoms with van der Waals surface area (Å²) in [4.78, 5) is 59.5. The van der Waals surface area contributed by atoms with E-state index in [2.05, 4.69) is 9.97 Å². The summed E-state index contributed by atoms with van der Waals surface area (Å²) in [7, 11) is 0. The Balaban J connectivity index is 1.28. The molecule has 6 rings (SSSR count). The van der Waals surface area contributed by atoms with Crippen molar-refractivity contribution in [2.75, 3.05) is 6.54 Å². The summed E-state index contributed by atoms with van der Waals surface area (Å²) >= 11 is 2.94. The highest BCUT2D eigenvalue weighted by Crippen LogP contribution is 2.68. The molecule has 0 aromatic carbocycles. The molecule has 2 bridgehead atoms. The fourth-order valence-corrected chi connectivity index (χ4v) is 9.84. The molecular formula is C24H25N3O5S2. The molecule has 2 saturated carbocycles. The fraction of sp³-hybridized carbons (Fsp3) is 0.542. The number of fused-ring (bicyclic) bond motifs is 9. The normalized spacial score (nSPS) is 33.2. The van der Waals surface area contributed by atoms with Crippen molar-refractivity contribution in [1.29, 1.82) is 0 Å². The first kappa shape index (κ1) is 22.0. The predicted octanol–water partition coefficient (Wildman–Crippen LogP) is 2.95. The van der Waals surface area contributed by atoms with Crippen LogP contribution in [0.25, 0.3) is 0 Å². The summed E-state index contributed by atoms with van der Waals surface area (Å²) in [5.74, 6) is -1.07. The molecule has 0 spiro atoms. The van der Waals surface area contributed by atoms with E-state index < -0.39 is 5.97 Å². The van der Waals surface area contributed by atoms with Gasteiger partial charge >= 0.3 is 10.8 Å². The summed E-state index contributed by atoms with van der Waals surface area (Å²) in [6, 6.07) is 3.96. The average Bonchev–Trinajstić information content (AvgIpc) is 3.54. The number of hydrogen-bond donors (Lipinski definition) is 2. The molecule has 0 radical (unpaired) electrons. The van der Waals surface area contributed by atoms with Gasteiger partial charge in [0.05, 0.1) is 16.9 Å². The second-order valence-electron chi connectivity index (χ2n) is 9.78. The lowest BCUT2D eigenvalue weighted by molar-refractivity contribution is -0.141. The number of carbonyl (C=O) groups is 3. The molecule has 2 aliphatic carbocycles. The highest BCUT2D eigenvalue weighted by atomic mass is 32.2. The van der Waals surface area contributed by atoms with Crippen molar-refractivity contribution >= 4 is 40.9 Å². The van der Waals surface area contributed by atoms with E-state index >= 15 is 0 Å². The van der Waals surface area contributed by atoms with Crippen molar-refractivity contribution in [2.45, 2.75) is 48.3 Å². The van der Waals surface area contributed by atoms with Crippen LogP contribution in [-0.2, 0) is 14.4 Å². The van der Waals surface area contributed by atoms with Crippen LogP contribution in [0.3, 0.4) is 0 Å². The van der Waals surface area contributed by atoms with Gasteiger partial charge in [-0.05, 0) is 48.6 Å². The number of nitrogens with one attached hydrogen (secondary N) is 1. The summed E-state index contributed by atoms with van der Waals surface area (Å²) < 4.78 is 0. The Morgan fingerprint density at radius 1 is 1.15 bits per heavy atom. The van der Waals surface area contributed by atoms with Gasteiger partial charge in [0.2, 0.25) is 11.8 Å². The Kier molecular flexibility index (Phi) is 5.40. The number of aromatic amines is 1. The number of aromatic nitrogens is 2. The van der Waals surface area contributed by atoms with E-state index in [1.54, 1.807) is 18.0 Å². The molecule has 2 N–H and O–H groups in total. The highest BCUT2D eigenvalue weighted by Gasteiger charge is 2.69. The van der Waals surface area contributed by atoms with Gasteiger partial charge in [-0.25, -0.2) is 0 Å². The molecule has 2 aromatic rings. The Hall–Kier alpha value is -2.46. The lowest BCUT2D eigenvalue weighted by atomic mass is 9.68. The van der Waals surface area contributed by atoms with Gasteiger partial charge in [0, 0.05) is 41.4 Å². The average molecular weight is 500 g/mol. The van der Waals surface area contributed by atoms with E-state index in [9.17, 15) is 19.2 Å². The summed E-state index contributed by atoms with van der Waals surface area (Å²) in [6.07, 6.45) is 6.46. The Morgan fingerprint density at radius 2 is 1.94 bits per heavy atom. The number of carboxylic acid groups (broad SMARTS) is 1. The van der Waals surface area contributed by atoms with E-state index in [1.807, 2.05) is 18.3 Å². The summed E-state index contributed by atoms with van der Waals surface area (Å²) in [5.41, 5.74) is 1.06. The SMILES string of the molecule is O=C(O)CCCCCN1C(=O)[C@@H]2[C@H]3C[C@@H]([C@H]4Sc5[nH]c(=O)sc5[C@H](c5cccnc5)[C@@H]34)[C@H]2C1=O. The smallest absolute Gasteiger partial charge is 0.305 e. The van der Waals surface area contributed by atoms with Crippen LogP contribution < -0.4 is 4.87 Å². The molecule has 2 aliphatic heterocycles. The van der Waals surface area contributed by atoms with Gasteiger partial charge in [-0.1, -0.05) is 23.8 Å². The molecule has 34 heavy (non-hydrogen) atoms. The van der Waals surface area contributed by atoms with Crippen LogP contribution in [0, 0.1) is 29.6 Å². The number of nitrogens with zero attached hydrogens (tertiary/aromatic N) is 2. The number of amides is 2. The second kappa shape index (κ2) is 8.34. The molecule has 0 unspecified atom stereocenters. The van der Waals surface area contributed by atoms with Crippen LogP contribution in [0.15, 0.2) is 34.3 Å². The molecule has 178 valence electrons. The number of hydrogen-bond acceptors (Lipinski definition) is 7. The number of rotatable bonds is 7. The maximum absolute atomic E-state index is 13.5. The lowest BCUT2D eigenvalue weighted by Gasteiger charge is -2.42. The zero-order valence-corrected chi connectivity index (χ0v) is 20.0. The second-order valence-corrected chi connectivity index (χ2v) is 12.0. The number of carboxylic acids is 1. The van der Waals surface area contributed by atoms with Crippen LogP contribution in [0.2, 0.25) is 0 Å². The van der Waals surface area contributed by atoms with Crippen molar-refractivity contribution in [1.82, 2.24) is 14.9 Å². The number of likely N-dealkylation sites (tertiary alicyclic amines) is 1. The van der Waals surface area contributed by atoms with E-state index in [-0.39, 0.29) is 63.9 Å². The molecule has 8 nitrogen and oxygen atoms in total. The fourth-order valence-electron chi connectivity index (χ4n) is 6.96. The van der Waals surface area contributed by atoms with E-state index in [1.165, 1.54) is 16.2 Å². The van der Waals surface area contributed by atoms with Crippen molar-refractivity contribution in [2.24, 2.45) is 29.6 Å². The Labute approximate surface area is 204 Å². The minimum Gasteiger partial charge on any atom is -0.481 e. The van der Waals surface area contributed by atoms with Gasteiger partial charge in [0.1, 0.15) is 0 Å². The van der Waals surface area contributed by atoms with Crippen molar-refractivity contribution in [3.8, 4) is 0 Å². The van der Waals surface area contributed by atoms with Crippen LogP contribution in [0.5, 0.6) is 0 Å². The number of thioether (sulfide) groups is 1. The molecule has 4 heterocycles. The third kappa shape index (κ3) is 3.29. The zero-order valence-electron chi connectivity index (χ0n) is 18.4. The van der Waals surface area contributed by atoms with Gasteiger partial charge in [-0.2, -0.15) is 0 Å². The van der Waals surface area contributed by atoms with Crippen molar-refractivity contribution in [3.05, 3.63) is 44.6 Å². The maximum Gasteiger partial charge on any atom is 0.305 e. The monoisotopic (exact) mass is 499 g/mol. The number of aliphatic carboxylic acids is 1. The summed E-state index contributed by atoms with van der Waals surface area (Å²) in [6.45, 7) is 0.374. The Morgan fingerprint density at radius 3 is 2.68 bits per heavy atom. The molecule has 4 aliphatic rings. The zero-order chi connectivity index (χ0) is 23.6. The van der Waals surface area contributed by atoms with E-state index in [0.717, 1.165) is 21.9 Å². The van der Waals surface area contributed by atoms with Crippen molar-refractivity contribution < 1.29 is 19.5 Å². The van der Waals surface area contributed by atoms with Gasteiger partial charge in [0.15, 0.2) is 0 Å². The first-order valence-electron chi connectivity index (χ1n) is 11.8. The molecular weight excluding hydrogens is 474 g/mol. The first-order chi connectivity index (χ1) is 16.5. The van der Waals surface area contributed by atoms with Gasteiger partial charge in [-0.3, -0.25) is 29.1 Å². The standard InChI is InChI=1S/C24H25N3O5S2/c28-14(29)6-2-1-3-8-27-22(30)17-12-9-13(18(17)23(27)31)19-16(12)15(11-5-4-7-25-10-11)20-21(33-19)26-24(32)34-20/h4-5,7,10,12-13,15-19H,1-3,6,8-9H2,(H,26,32)(H,28,29)/t12-,13+,15+,16+,17+,18+,19+/m0/s1. The topological polar surface area (TPSA) is 120 Å². The highest BCUT2D eigenvalue weighted by molar-refractivity contribution is 8.00. The third-order valence-corrected chi connectivity index (χ3v) is 10.7. The van der Waals surface area contributed by atoms with Gasteiger partial charge < -0.3 is 10.1 Å². The van der Waals surface area contributed by atoms with Crippen LogP contribution in [0.4, 0.5) is 0 Å². The molecule has 3 fully saturated rings. The quantitative estimate of drug-likeness (QED) is 0.444. The molecule has 2 amide bonds.